The van der Waals surface area contributed by atoms with Crippen LogP contribution in [-0.4, -0.2) is 44.7 Å². The molecule has 2 N–H and O–H groups in total. The Labute approximate surface area is 120 Å². The third-order valence-electron chi connectivity index (χ3n) is 2.71. The molecule has 0 spiro atoms. The Morgan fingerprint density at radius 1 is 1.21 bits per heavy atom. The van der Waals surface area contributed by atoms with Gasteiger partial charge in [0, 0.05) is 18.1 Å². The summed E-state index contributed by atoms with van der Waals surface area (Å²) in [6.07, 6.45) is 1.69. The molecule has 5 heteroatoms. The highest BCUT2D eigenvalue weighted by atomic mass is 35.5. The van der Waals surface area contributed by atoms with Crippen molar-refractivity contribution < 1.29 is 4.79 Å². The van der Waals surface area contributed by atoms with Crippen molar-refractivity contribution in [1.29, 1.82) is 0 Å². The SMILES string of the molecule is CN(C)CCCNC(=O)NCCc1ccccc1Cl. The molecule has 0 unspecified atom stereocenters. The monoisotopic (exact) mass is 283 g/mol. The molecule has 4 nitrogen and oxygen atoms in total. The van der Waals surface area contributed by atoms with E-state index in [4.69, 9.17) is 11.6 Å². The predicted molar refractivity (Wildman–Crippen MR) is 79.7 cm³/mol. The number of nitrogens with zero attached hydrogens (tertiary/aromatic N) is 1. The van der Waals surface area contributed by atoms with E-state index < -0.39 is 0 Å². The molecule has 2 amide bonds. The fraction of sp³-hybridized carbons (Fsp3) is 0.500. The van der Waals surface area contributed by atoms with Gasteiger partial charge in [0.2, 0.25) is 0 Å². The van der Waals surface area contributed by atoms with E-state index in [1.165, 1.54) is 0 Å². The van der Waals surface area contributed by atoms with Gasteiger partial charge in [-0.25, -0.2) is 4.79 Å². The number of urea groups is 1. The molecule has 0 aliphatic carbocycles. The van der Waals surface area contributed by atoms with Crippen LogP contribution >= 0.6 is 11.6 Å². The number of halogens is 1. The molecule has 0 heterocycles. The molecular weight excluding hydrogens is 262 g/mol. The fourth-order valence-corrected chi connectivity index (χ4v) is 1.90. The summed E-state index contributed by atoms with van der Waals surface area (Å²) in [5.41, 5.74) is 1.05. The molecule has 106 valence electrons. The van der Waals surface area contributed by atoms with Gasteiger partial charge in [-0.2, -0.15) is 0 Å². The minimum atomic E-state index is -0.120. The molecule has 0 atom stereocenters. The Hall–Kier alpha value is -1.26. The molecule has 1 aromatic carbocycles. The summed E-state index contributed by atoms with van der Waals surface area (Å²) >= 11 is 6.04. The first-order valence-electron chi connectivity index (χ1n) is 6.49. The molecule has 0 aliphatic rings. The van der Waals surface area contributed by atoms with Gasteiger partial charge in [-0.3, -0.25) is 0 Å². The third kappa shape index (κ3) is 7.03. The standard InChI is InChI=1S/C14H22ClN3O/c1-18(2)11-5-9-16-14(19)17-10-8-12-6-3-4-7-13(12)15/h3-4,6-7H,5,8-11H2,1-2H3,(H2,16,17,19). The van der Waals surface area contributed by atoms with Crippen molar-refractivity contribution in [3.8, 4) is 0 Å². The van der Waals surface area contributed by atoms with Crippen LogP contribution in [0.5, 0.6) is 0 Å². The van der Waals surface area contributed by atoms with E-state index in [0.29, 0.717) is 13.1 Å². The van der Waals surface area contributed by atoms with Crippen LogP contribution in [0, 0.1) is 0 Å². The first-order valence-corrected chi connectivity index (χ1v) is 6.87. The maximum atomic E-state index is 11.5. The molecule has 0 radical (unpaired) electrons. The lowest BCUT2D eigenvalue weighted by molar-refractivity contribution is 0.240. The van der Waals surface area contributed by atoms with E-state index in [2.05, 4.69) is 15.5 Å². The highest BCUT2D eigenvalue weighted by molar-refractivity contribution is 6.31. The van der Waals surface area contributed by atoms with E-state index >= 15 is 0 Å². The van der Waals surface area contributed by atoms with E-state index in [1.54, 1.807) is 0 Å². The van der Waals surface area contributed by atoms with Gasteiger partial charge in [0.15, 0.2) is 0 Å². The number of benzene rings is 1. The Morgan fingerprint density at radius 3 is 2.58 bits per heavy atom. The Kier molecular flexibility index (Phi) is 7.30. The zero-order valence-electron chi connectivity index (χ0n) is 11.6. The quantitative estimate of drug-likeness (QED) is 0.753. The van der Waals surface area contributed by atoms with Crippen molar-refractivity contribution >= 4 is 17.6 Å². The normalized spacial score (nSPS) is 10.5. The maximum Gasteiger partial charge on any atom is 0.314 e. The topological polar surface area (TPSA) is 44.4 Å². The first-order chi connectivity index (χ1) is 9.09. The van der Waals surface area contributed by atoms with Gasteiger partial charge in [-0.15, -0.1) is 0 Å². The van der Waals surface area contributed by atoms with Crippen LogP contribution in [0.4, 0.5) is 4.79 Å². The van der Waals surface area contributed by atoms with Crippen molar-refractivity contribution in [3.05, 3.63) is 34.9 Å². The zero-order valence-corrected chi connectivity index (χ0v) is 12.3. The molecule has 1 rings (SSSR count). The fourth-order valence-electron chi connectivity index (χ4n) is 1.67. The number of rotatable bonds is 7. The number of hydrogen-bond acceptors (Lipinski definition) is 2. The molecule has 0 saturated carbocycles. The van der Waals surface area contributed by atoms with Crippen LogP contribution in [-0.2, 0) is 6.42 Å². The summed E-state index contributed by atoms with van der Waals surface area (Å²) in [7, 11) is 4.04. The van der Waals surface area contributed by atoms with Crippen LogP contribution in [0.1, 0.15) is 12.0 Å². The second-order valence-electron chi connectivity index (χ2n) is 4.68. The van der Waals surface area contributed by atoms with E-state index in [9.17, 15) is 4.79 Å². The number of nitrogens with one attached hydrogen (secondary N) is 2. The van der Waals surface area contributed by atoms with Crippen LogP contribution in [0.2, 0.25) is 5.02 Å². The van der Waals surface area contributed by atoms with Crippen molar-refractivity contribution in [1.82, 2.24) is 15.5 Å². The molecule has 0 fully saturated rings. The summed E-state index contributed by atoms with van der Waals surface area (Å²) in [6.45, 7) is 2.25. The minimum Gasteiger partial charge on any atom is -0.338 e. The average molecular weight is 284 g/mol. The number of amides is 2. The largest absolute Gasteiger partial charge is 0.338 e. The van der Waals surface area contributed by atoms with Gasteiger partial charge < -0.3 is 15.5 Å². The molecule has 19 heavy (non-hydrogen) atoms. The van der Waals surface area contributed by atoms with Crippen molar-refractivity contribution in [2.45, 2.75) is 12.8 Å². The third-order valence-corrected chi connectivity index (χ3v) is 3.07. The predicted octanol–water partition coefficient (Wildman–Crippen LogP) is 2.13. The summed E-state index contributed by atoms with van der Waals surface area (Å²) in [6, 6.07) is 7.56. The Morgan fingerprint density at radius 2 is 1.89 bits per heavy atom. The van der Waals surface area contributed by atoms with Crippen LogP contribution in [0.25, 0.3) is 0 Å². The van der Waals surface area contributed by atoms with Crippen LogP contribution < -0.4 is 10.6 Å². The Balaban J connectivity index is 2.12. The average Bonchev–Trinajstić information content (AvgIpc) is 2.37. The molecule has 0 aliphatic heterocycles. The van der Waals surface area contributed by atoms with Gasteiger partial charge in [-0.1, -0.05) is 29.8 Å². The molecule has 0 bridgehead atoms. The summed E-state index contributed by atoms with van der Waals surface area (Å²) < 4.78 is 0. The lowest BCUT2D eigenvalue weighted by Gasteiger charge is -2.11. The lowest BCUT2D eigenvalue weighted by Crippen LogP contribution is -2.37. The minimum absolute atomic E-state index is 0.120. The lowest BCUT2D eigenvalue weighted by atomic mass is 10.1. The Bertz CT molecular complexity index is 396. The van der Waals surface area contributed by atoms with Gasteiger partial charge >= 0.3 is 6.03 Å². The highest BCUT2D eigenvalue weighted by Crippen LogP contribution is 2.14. The van der Waals surface area contributed by atoms with Crippen molar-refractivity contribution in [2.24, 2.45) is 0 Å². The maximum absolute atomic E-state index is 11.5. The van der Waals surface area contributed by atoms with Gasteiger partial charge in [0.25, 0.3) is 0 Å². The van der Waals surface area contributed by atoms with Crippen molar-refractivity contribution in [3.63, 3.8) is 0 Å². The number of hydrogen-bond donors (Lipinski definition) is 2. The van der Waals surface area contributed by atoms with E-state index in [1.807, 2.05) is 38.4 Å². The first kappa shape index (κ1) is 15.8. The summed E-state index contributed by atoms with van der Waals surface area (Å²) in [5, 5.41) is 6.40. The van der Waals surface area contributed by atoms with Crippen molar-refractivity contribution in [2.75, 3.05) is 33.7 Å². The van der Waals surface area contributed by atoms with Crippen LogP contribution in [0.3, 0.4) is 0 Å². The molecule has 0 saturated heterocycles. The van der Waals surface area contributed by atoms with Gasteiger partial charge in [-0.05, 0) is 45.1 Å². The van der Waals surface area contributed by atoms with Crippen LogP contribution in [0.15, 0.2) is 24.3 Å². The second-order valence-corrected chi connectivity index (χ2v) is 5.09. The highest BCUT2D eigenvalue weighted by Gasteiger charge is 2.01. The molecule has 0 aromatic heterocycles. The number of carbonyl (C=O) groups excluding carboxylic acids is 1. The smallest absolute Gasteiger partial charge is 0.314 e. The second kappa shape index (κ2) is 8.77. The molecule has 1 aromatic rings. The zero-order chi connectivity index (χ0) is 14.1. The van der Waals surface area contributed by atoms with E-state index in [0.717, 1.165) is 30.0 Å². The van der Waals surface area contributed by atoms with Gasteiger partial charge in [0.1, 0.15) is 0 Å². The molecular formula is C14H22ClN3O. The summed E-state index contributed by atoms with van der Waals surface area (Å²) in [5.74, 6) is 0. The summed E-state index contributed by atoms with van der Waals surface area (Å²) in [4.78, 5) is 13.6. The van der Waals surface area contributed by atoms with E-state index in [-0.39, 0.29) is 6.03 Å². The van der Waals surface area contributed by atoms with Gasteiger partial charge in [0.05, 0.1) is 0 Å². The number of carbonyl (C=O) groups is 1.